The zero-order chi connectivity index (χ0) is 19.1. The summed E-state index contributed by atoms with van der Waals surface area (Å²) < 4.78 is 7.30. The molecule has 0 aliphatic carbocycles. The summed E-state index contributed by atoms with van der Waals surface area (Å²) in [5, 5.41) is 0.309. The van der Waals surface area contributed by atoms with E-state index in [4.69, 9.17) is 4.42 Å². The molecule has 0 spiro atoms. The predicted octanol–water partition coefficient (Wildman–Crippen LogP) is 4.16. The molecule has 0 saturated carbocycles. The van der Waals surface area contributed by atoms with Crippen LogP contribution >= 0.6 is 0 Å². The van der Waals surface area contributed by atoms with Gasteiger partial charge < -0.3 is 4.42 Å². The summed E-state index contributed by atoms with van der Waals surface area (Å²) in [5.41, 5.74) is 1.01. The highest BCUT2D eigenvalue weighted by Crippen LogP contribution is 2.23. The number of fused-ring (bicyclic) bond motifs is 2. The van der Waals surface area contributed by atoms with Gasteiger partial charge in [-0.1, -0.05) is 60.7 Å². The average Bonchev–Trinajstić information content (AvgIpc) is 2.75. The maximum Gasteiger partial charge on any atom is 0.273 e. The monoisotopic (exact) mass is 366 g/mol. The van der Waals surface area contributed by atoms with Crippen LogP contribution < -0.4 is 11.0 Å². The van der Waals surface area contributed by atoms with E-state index in [0.717, 1.165) is 5.56 Å². The first kappa shape index (κ1) is 16.2. The molecule has 0 fully saturated rings. The van der Waals surface area contributed by atoms with Crippen LogP contribution in [0.15, 0.2) is 98.9 Å². The molecule has 5 rings (SSSR count). The molecular weight excluding hydrogens is 352 g/mol. The first-order chi connectivity index (χ1) is 13.7. The highest BCUT2D eigenvalue weighted by Gasteiger charge is 2.19. The Morgan fingerprint density at radius 2 is 1.39 bits per heavy atom. The van der Waals surface area contributed by atoms with Gasteiger partial charge in [0.25, 0.3) is 5.56 Å². The van der Waals surface area contributed by atoms with E-state index < -0.39 is 5.56 Å². The maximum atomic E-state index is 13.5. The second kappa shape index (κ2) is 6.32. The molecule has 5 aromatic rings. The standard InChI is InChI=1S/C23H14N2O3/c26-20-17-13-7-8-14-18(17)28-22-19(20)23(27)25(16-11-5-2-6-12-16)21(24-22)15-9-3-1-4-10-15/h1-14H. The van der Waals surface area contributed by atoms with E-state index in [1.165, 1.54) is 4.57 Å². The van der Waals surface area contributed by atoms with Gasteiger partial charge in [0.1, 0.15) is 5.58 Å². The summed E-state index contributed by atoms with van der Waals surface area (Å²) in [5.74, 6) is 0.419. The van der Waals surface area contributed by atoms with Gasteiger partial charge in [-0.25, -0.2) is 0 Å². The molecule has 5 nitrogen and oxygen atoms in total. The van der Waals surface area contributed by atoms with Gasteiger partial charge in [-0.05, 0) is 24.3 Å². The lowest BCUT2D eigenvalue weighted by Crippen LogP contribution is -2.26. The average molecular weight is 366 g/mol. The molecule has 0 aliphatic heterocycles. The van der Waals surface area contributed by atoms with E-state index in [0.29, 0.717) is 22.5 Å². The van der Waals surface area contributed by atoms with Gasteiger partial charge >= 0.3 is 0 Å². The Hall–Kier alpha value is -3.99. The van der Waals surface area contributed by atoms with Crippen molar-refractivity contribution in [1.82, 2.24) is 9.55 Å². The lowest BCUT2D eigenvalue weighted by molar-refractivity contribution is 0.641. The second-order valence-electron chi connectivity index (χ2n) is 6.39. The van der Waals surface area contributed by atoms with Gasteiger partial charge in [-0.15, -0.1) is 0 Å². The number of para-hydroxylation sites is 2. The third kappa shape index (κ3) is 2.45. The molecule has 28 heavy (non-hydrogen) atoms. The number of aromatic nitrogens is 2. The minimum absolute atomic E-state index is 0.0414. The van der Waals surface area contributed by atoms with E-state index in [1.54, 1.807) is 24.3 Å². The summed E-state index contributed by atoms with van der Waals surface area (Å²) in [6.45, 7) is 0. The van der Waals surface area contributed by atoms with Gasteiger partial charge in [-0.3, -0.25) is 14.2 Å². The van der Waals surface area contributed by atoms with Crippen LogP contribution in [-0.4, -0.2) is 9.55 Å². The van der Waals surface area contributed by atoms with Crippen LogP contribution in [0.2, 0.25) is 0 Å². The zero-order valence-corrected chi connectivity index (χ0v) is 14.7. The molecule has 0 bridgehead atoms. The number of hydrogen-bond acceptors (Lipinski definition) is 4. The van der Waals surface area contributed by atoms with Crippen molar-refractivity contribution in [3.63, 3.8) is 0 Å². The van der Waals surface area contributed by atoms with Gasteiger partial charge in [-0.2, -0.15) is 4.98 Å². The predicted molar refractivity (Wildman–Crippen MR) is 109 cm³/mol. The highest BCUT2D eigenvalue weighted by atomic mass is 16.3. The van der Waals surface area contributed by atoms with Crippen LogP contribution in [0.4, 0.5) is 0 Å². The van der Waals surface area contributed by atoms with Gasteiger partial charge in [0.15, 0.2) is 11.2 Å². The van der Waals surface area contributed by atoms with Crippen molar-refractivity contribution in [3.05, 3.63) is 106 Å². The smallest absolute Gasteiger partial charge is 0.273 e. The van der Waals surface area contributed by atoms with Crippen LogP contribution in [0.1, 0.15) is 0 Å². The van der Waals surface area contributed by atoms with Gasteiger partial charge in [0.2, 0.25) is 11.1 Å². The van der Waals surface area contributed by atoms with Gasteiger partial charge in [0, 0.05) is 5.56 Å². The molecule has 2 heterocycles. The fraction of sp³-hybridized carbons (Fsp3) is 0. The third-order valence-corrected chi connectivity index (χ3v) is 4.66. The molecule has 3 aromatic carbocycles. The van der Waals surface area contributed by atoms with E-state index in [-0.39, 0.29) is 16.5 Å². The Morgan fingerprint density at radius 3 is 2.14 bits per heavy atom. The van der Waals surface area contributed by atoms with Crippen LogP contribution in [0, 0.1) is 0 Å². The zero-order valence-electron chi connectivity index (χ0n) is 14.7. The first-order valence-electron chi connectivity index (χ1n) is 8.83. The molecule has 0 saturated heterocycles. The van der Waals surface area contributed by atoms with E-state index >= 15 is 0 Å². The Balaban J connectivity index is 1.99. The van der Waals surface area contributed by atoms with E-state index in [1.807, 2.05) is 60.7 Å². The number of benzene rings is 3. The SMILES string of the molecule is O=c1c2ccccc2oc2nc(-c3ccccc3)n(-c3ccccc3)c(=O)c12. The molecular formula is C23H14N2O3. The fourth-order valence-electron chi connectivity index (χ4n) is 3.35. The quantitative estimate of drug-likeness (QED) is 0.440. The topological polar surface area (TPSA) is 65.1 Å². The summed E-state index contributed by atoms with van der Waals surface area (Å²) in [6, 6.07) is 25.4. The molecule has 0 amide bonds. The summed E-state index contributed by atoms with van der Waals surface area (Å²) in [4.78, 5) is 31.1. The van der Waals surface area contributed by atoms with Gasteiger partial charge in [0.05, 0.1) is 11.1 Å². The van der Waals surface area contributed by atoms with E-state index in [2.05, 4.69) is 4.98 Å². The maximum absolute atomic E-state index is 13.5. The van der Waals surface area contributed by atoms with Crippen LogP contribution in [-0.2, 0) is 0 Å². The molecule has 0 radical (unpaired) electrons. The van der Waals surface area contributed by atoms with Crippen molar-refractivity contribution in [2.24, 2.45) is 0 Å². The van der Waals surface area contributed by atoms with Crippen molar-refractivity contribution in [3.8, 4) is 17.1 Å². The Kier molecular flexibility index (Phi) is 3.66. The van der Waals surface area contributed by atoms with Crippen molar-refractivity contribution < 1.29 is 4.42 Å². The Labute approximate surface area is 159 Å². The first-order valence-corrected chi connectivity index (χ1v) is 8.83. The summed E-state index contributed by atoms with van der Waals surface area (Å²) in [6.07, 6.45) is 0. The third-order valence-electron chi connectivity index (χ3n) is 4.66. The van der Waals surface area contributed by atoms with Crippen molar-refractivity contribution in [2.45, 2.75) is 0 Å². The molecule has 5 heteroatoms. The Morgan fingerprint density at radius 1 is 0.750 bits per heavy atom. The summed E-state index contributed by atoms with van der Waals surface area (Å²) >= 11 is 0. The molecule has 0 atom stereocenters. The van der Waals surface area contributed by atoms with Crippen LogP contribution in [0.25, 0.3) is 39.1 Å². The summed E-state index contributed by atoms with van der Waals surface area (Å²) in [7, 11) is 0. The number of hydrogen-bond donors (Lipinski definition) is 0. The normalized spacial score (nSPS) is 11.1. The molecule has 0 unspecified atom stereocenters. The van der Waals surface area contributed by atoms with Crippen LogP contribution in [0.3, 0.4) is 0 Å². The lowest BCUT2D eigenvalue weighted by atomic mass is 10.1. The minimum Gasteiger partial charge on any atom is -0.437 e. The molecule has 0 aliphatic rings. The van der Waals surface area contributed by atoms with E-state index in [9.17, 15) is 9.59 Å². The molecule has 2 aromatic heterocycles. The van der Waals surface area contributed by atoms with Crippen molar-refractivity contribution in [2.75, 3.05) is 0 Å². The molecule has 0 N–H and O–H groups in total. The minimum atomic E-state index is -0.449. The van der Waals surface area contributed by atoms with Crippen molar-refractivity contribution in [1.29, 1.82) is 0 Å². The number of nitrogens with zero attached hydrogens (tertiary/aromatic N) is 2. The van der Waals surface area contributed by atoms with Crippen molar-refractivity contribution >= 4 is 22.1 Å². The highest BCUT2D eigenvalue weighted by molar-refractivity contribution is 5.88. The largest absolute Gasteiger partial charge is 0.437 e. The Bertz CT molecular complexity index is 1440. The van der Waals surface area contributed by atoms with Crippen LogP contribution in [0.5, 0.6) is 0 Å². The second-order valence-corrected chi connectivity index (χ2v) is 6.39. The molecule has 134 valence electrons. The fourth-order valence-corrected chi connectivity index (χ4v) is 3.35. The number of rotatable bonds is 2. The lowest BCUT2D eigenvalue weighted by Gasteiger charge is -2.13.